The Bertz CT molecular complexity index is 1080. The molecule has 0 aromatic heterocycles. The molecule has 0 radical (unpaired) electrons. The highest BCUT2D eigenvalue weighted by Crippen LogP contribution is 2.22. The molecular weight excluding hydrogens is 442 g/mol. The maximum absolute atomic E-state index is 13.1. The van der Waals surface area contributed by atoms with Crippen molar-refractivity contribution in [1.29, 1.82) is 0 Å². The summed E-state index contributed by atoms with van der Waals surface area (Å²) in [6.07, 6.45) is 3.53. The van der Waals surface area contributed by atoms with E-state index in [0.29, 0.717) is 30.9 Å². The number of nitrogens with zero attached hydrogens (tertiary/aromatic N) is 1. The van der Waals surface area contributed by atoms with E-state index < -0.39 is 10.0 Å². The minimum Gasteiger partial charge on any atom is -0.376 e. The predicted octanol–water partition coefficient (Wildman–Crippen LogP) is 2.63. The average Bonchev–Trinajstić information content (AvgIpc) is 3.36. The zero-order valence-corrected chi connectivity index (χ0v) is 19.2. The molecule has 0 bridgehead atoms. The van der Waals surface area contributed by atoms with Gasteiger partial charge in [-0.05, 0) is 56.0 Å². The van der Waals surface area contributed by atoms with Gasteiger partial charge in [0.15, 0.2) is 0 Å². The number of benzene rings is 2. The molecule has 2 saturated heterocycles. The largest absolute Gasteiger partial charge is 0.376 e. The van der Waals surface area contributed by atoms with Crippen molar-refractivity contribution in [2.24, 2.45) is 5.92 Å². The van der Waals surface area contributed by atoms with Crippen molar-refractivity contribution in [3.8, 4) is 0 Å². The molecule has 0 unspecified atom stereocenters. The molecule has 8 nitrogen and oxygen atoms in total. The number of rotatable bonds is 7. The fraction of sp³-hybridized carbons (Fsp3) is 0.417. The van der Waals surface area contributed by atoms with E-state index in [1.54, 1.807) is 41.3 Å². The molecule has 4 rings (SSSR count). The molecule has 2 aromatic rings. The first-order chi connectivity index (χ1) is 15.9. The van der Waals surface area contributed by atoms with Crippen LogP contribution in [0.3, 0.4) is 0 Å². The van der Waals surface area contributed by atoms with Crippen molar-refractivity contribution in [3.63, 3.8) is 0 Å². The number of amides is 2. The summed E-state index contributed by atoms with van der Waals surface area (Å²) in [4.78, 5) is 27.6. The number of hydrogen-bond donors (Lipinski definition) is 2. The van der Waals surface area contributed by atoms with Crippen LogP contribution in [0, 0.1) is 5.92 Å². The zero-order valence-electron chi connectivity index (χ0n) is 18.4. The summed E-state index contributed by atoms with van der Waals surface area (Å²) in [5.74, 6) is -0.524. The minimum absolute atomic E-state index is 0.0487. The molecule has 2 fully saturated rings. The van der Waals surface area contributed by atoms with Crippen LogP contribution < -0.4 is 10.0 Å². The molecule has 33 heavy (non-hydrogen) atoms. The predicted molar refractivity (Wildman–Crippen MR) is 124 cm³/mol. The molecule has 2 atom stereocenters. The van der Waals surface area contributed by atoms with Gasteiger partial charge in [0.2, 0.25) is 5.91 Å². The smallest absolute Gasteiger partial charge is 0.261 e. The number of anilines is 1. The van der Waals surface area contributed by atoms with Crippen LogP contribution in [0.4, 0.5) is 5.69 Å². The molecule has 2 heterocycles. The normalized spacial score (nSPS) is 20.9. The molecular formula is C24H29N3O5S. The molecule has 2 aromatic carbocycles. The number of ether oxygens (including phenoxy) is 1. The zero-order chi connectivity index (χ0) is 23.3. The van der Waals surface area contributed by atoms with Crippen molar-refractivity contribution >= 4 is 27.5 Å². The van der Waals surface area contributed by atoms with Crippen LogP contribution in [-0.2, 0) is 19.6 Å². The van der Waals surface area contributed by atoms with Crippen molar-refractivity contribution in [3.05, 3.63) is 60.2 Å². The summed E-state index contributed by atoms with van der Waals surface area (Å²) in [6, 6.07) is 14.5. The second kappa shape index (κ2) is 10.4. The molecule has 2 aliphatic heterocycles. The van der Waals surface area contributed by atoms with Gasteiger partial charge in [0.1, 0.15) is 0 Å². The van der Waals surface area contributed by atoms with Gasteiger partial charge >= 0.3 is 0 Å². The Balaban J connectivity index is 1.38. The van der Waals surface area contributed by atoms with Gasteiger partial charge in [0.25, 0.3) is 15.9 Å². The lowest BCUT2D eigenvalue weighted by atomic mass is 9.96. The van der Waals surface area contributed by atoms with Gasteiger partial charge in [0, 0.05) is 37.5 Å². The summed E-state index contributed by atoms with van der Waals surface area (Å²) < 4.78 is 33.3. The third kappa shape index (κ3) is 5.91. The highest BCUT2D eigenvalue weighted by atomic mass is 32.2. The van der Waals surface area contributed by atoms with E-state index in [-0.39, 0.29) is 28.7 Å². The number of carbonyl (C=O) groups is 2. The number of piperidine rings is 1. The van der Waals surface area contributed by atoms with E-state index in [1.807, 2.05) is 0 Å². The third-order valence-corrected chi connectivity index (χ3v) is 7.42. The SMILES string of the molecule is O=C(NC[C@H]1CCCO1)[C@H]1CCCN(C(=O)c2cccc(NS(=O)(=O)c3ccccc3)c2)C1. The van der Waals surface area contributed by atoms with Crippen LogP contribution in [0.1, 0.15) is 36.0 Å². The van der Waals surface area contributed by atoms with Gasteiger partial charge in [-0.15, -0.1) is 0 Å². The highest BCUT2D eigenvalue weighted by molar-refractivity contribution is 7.92. The van der Waals surface area contributed by atoms with Crippen molar-refractivity contribution in [2.45, 2.75) is 36.7 Å². The van der Waals surface area contributed by atoms with Gasteiger partial charge in [-0.25, -0.2) is 8.42 Å². The van der Waals surface area contributed by atoms with Gasteiger partial charge in [-0.3, -0.25) is 14.3 Å². The van der Waals surface area contributed by atoms with Gasteiger partial charge in [-0.1, -0.05) is 24.3 Å². The first-order valence-corrected chi connectivity index (χ1v) is 12.8. The average molecular weight is 472 g/mol. The van der Waals surface area contributed by atoms with Gasteiger partial charge < -0.3 is 15.0 Å². The number of nitrogens with one attached hydrogen (secondary N) is 2. The van der Waals surface area contributed by atoms with Crippen LogP contribution in [0.2, 0.25) is 0 Å². The van der Waals surface area contributed by atoms with Crippen molar-refractivity contribution in [1.82, 2.24) is 10.2 Å². The highest BCUT2D eigenvalue weighted by Gasteiger charge is 2.29. The monoisotopic (exact) mass is 471 g/mol. The van der Waals surface area contributed by atoms with E-state index in [2.05, 4.69) is 10.0 Å². The first kappa shape index (κ1) is 23.3. The lowest BCUT2D eigenvalue weighted by molar-refractivity contribution is -0.126. The summed E-state index contributed by atoms with van der Waals surface area (Å²) in [7, 11) is -3.75. The second-order valence-electron chi connectivity index (χ2n) is 8.47. The molecule has 176 valence electrons. The van der Waals surface area contributed by atoms with E-state index in [4.69, 9.17) is 4.74 Å². The van der Waals surface area contributed by atoms with Crippen molar-refractivity contribution < 1.29 is 22.7 Å². The Labute approximate surface area is 194 Å². The Morgan fingerprint density at radius 1 is 1.03 bits per heavy atom. The van der Waals surface area contributed by atoms with Gasteiger partial charge in [-0.2, -0.15) is 0 Å². The maximum Gasteiger partial charge on any atom is 0.261 e. The number of likely N-dealkylation sites (tertiary alicyclic amines) is 1. The Morgan fingerprint density at radius 2 is 1.85 bits per heavy atom. The van der Waals surface area contributed by atoms with Crippen LogP contribution >= 0.6 is 0 Å². The lowest BCUT2D eigenvalue weighted by Crippen LogP contribution is -2.46. The molecule has 2 N–H and O–H groups in total. The summed E-state index contributed by atoms with van der Waals surface area (Å²) in [5, 5.41) is 2.97. The molecule has 2 amide bonds. The van der Waals surface area contributed by atoms with Crippen LogP contribution in [-0.4, -0.2) is 57.5 Å². The molecule has 9 heteroatoms. The number of sulfonamides is 1. The minimum atomic E-state index is -3.75. The first-order valence-electron chi connectivity index (χ1n) is 11.3. The molecule has 2 aliphatic rings. The van der Waals surface area contributed by atoms with Gasteiger partial charge in [0.05, 0.1) is 16.9 Å². The third-order valence-electron chi connectivity index (χ3n) is 6.02. The summed E-state index contributed by atoms with van der Waals surface area (Å²) >= 11 is 0. The maximum atomic E-state index is 13.1. The van der Waals surface area contributed by atoms with E-state index in [0.717, 1.165) is 32.3 Å². The molecule has 0 saturated carbocycles. The fourth-order valence-corrected chi connectivity index (χ4v) is 5.32. The van der Waals surface area contributed by atoms with Crippen molar-refractivity contribution in [2.75, 3.05) is 31.0 Å². The van der Waals surface area contributed by atoms with E-state index >= 15 is 0 Å². The summed E-state index contributed by atoms with van der Waals surface area (Å²) in [5.41, 5.74) is 0.691. The van der Waals surface area contributed by atoms with Crippen LogP contribution in [0.15, 0.2) is 59.5 Å². The second-order valence-corrected chi connectivity index (χ2v) is 10.2. The van der Waals surface area contributed by atoms with E-state index in [1.165, 1.54) is 18.2 Å². The standard InChI is InChI=1S/C24H29N3O5S/c28-23(25-16-21-10-6-14-32-21)19-8-5-13-27(17-19)24(29)18-7-4-9-20(15-18)26-33(30,31)22-11-2-1-3-12-22/h1-4,7,9,11-12,15,19,21,26H,5-6,8,10,13-14,16-17H2,(H,25,28)/t19-,21+/m0/s1. The summed E-state index contributed by atoms with van der Waals surface area (Å²) in [6.45, 7) is 2.16. The molecule has 0 spiro atoms. The number of carbonyl (C=O) groups excluding carboxylic acids is 2. The lowest BCUT2D eigenvalue weighted by Gasteiger charge is -2.32. The van der Waals surface area contributed by atoms with Crippen LogP contribution in [0.5, 0.6) is 0 Å². The Morgan fingerprint density at radius 3 is 2.61 bits per heavy atom. The van der Waals surface area contributed by atoms with E-state index in [9.17, 15) is 18.0 Å². The van der Waals surface area contributed by atoms with Crippen LogP contribution in [0.25, 0.3) is 0 Å². The Hall–Kier alpha value is -2.91. The fourth-order valence-electron chi connectivity index (χ4n) is 4.25. The Kier molecular flexibility index (Phi) is 7.29. The quantitative estimate of drug-likeness (QED) is 0.646. The number of hydrogen-bond acceptors (Lipinski definition) is 5. The topological polar surface area (TPSA) is 105 Å². The molecule has 0 aliphatic carbocycles.